The number of halogens is 3. The highest BCUT2D eigenvalue weighted by Gasteiger charge is 2.53. The highest BCUT2D eigenvalue weighted by molar-refractivity contribution is 8.00. The molecule has 0 saturated carbocycles. The maximum atomic E-state index is 13.6. The van der Waals surface area contributed by atoms with E-state index in [0.29, 0.717) is 0 Å². The van der Waals surface area contributed by atoms with Gasteiger partial charge in [0.25, 0.3) is 5.91 Å². The Hall–Kier alpha value is -3.07. The van der Waals surface area contributed by atoms with Gasteiger partial charge in [0.05, 0.1) is 11.2 Å². The van der Waals surface area contributed by atoms with Crippen molar-refractivity contribution in [1.82, 2.24) is 10.3 Å². The molecule has 1 aromatic heterocycles. The normalized spacial score (nSPS) is 19.1. The van der Waals surface area contributed by atoms with E-state index in [0.717, 1.165) is 21.4 Å². The van der Waals surface area contributed by atoms with Crippen LogP contribution >= 0.6 is 11.8 Å². The molecule has 32 heavy (non-hydrogen) atoms. The Morgan fingerprint density at radius 1 is 1.06 bits per heavy atom. The van der Waals surface area contributed by atoms with Gasteiger partial charge in [-0.1, -0.05) is 32.0 Å². The Labute approximate surface area is 187 Å². The predicted molar refractivity (Wildman–Crippen MR) is 117 cm³/mol. The molecule has 1 aliphatic rings. The molecule has 1 aliphatic heterocycles. The fourth-order valence-electron chi connectivity index (χ4n) is 3.95. The third kappa shape index (κ3) is 4.04. The number of thioether (sulfide) groups is 1. The second-order valence-corrected chi connectivity index (χ2v) is 9.04. The van der Waals surface area contributed by atoms with Crippen LogP contribution in [0.3, 0.4) is 0 Å². The SMILES string of the molecule is CC(C)[C@@]1(Cc2ccnc3ccccc23)NC(=O)N(c2ccc(SC(F)(F)F)cc2)C1=O. The molecular weight excluding hydrogens is 439 g/mol. The molecule has 5 nitrogen and oxygen atoms in total. The molecule has 0 radical (unpaired) electrons. The van der Waals surface area contributed by atoms with Gasteiger partial charge in [-0.3, -0.25) is 9.78 Å². The molecule has 9 heteroatoms. The number of nitrogens with zero attached hydrogens (tertiary/aromatic N) is 2. The number of nitrogens with one attached hydrogen (secondary N) is 1. The van der Waals surface area contributed by atoms with Crippen molar-refractivity contribution < 1.29 is 22.8 Å². The molecule has 1 fully saturated rings. The molecular formula is C23H20F3N3O2S. The minimum atomic E-state index is -4.41. The molecule has 3 aromatic rings. The largest absolute Gasteiger partial charge is 0.446 e. The number of hydrogen-bond acceptors (Lipinski definition) is 4. The predicted octanol–water partition coefficient (Wildman–Crippen LogP) is 5.54. The maximum absolute atomic E-state index is 13.6. The molecule has 0 bridgehead atoms. The fraction of sp³-hybridized carbons (Fsp3) is 0.261. The van der Waals surface area contributed by atoms with Gasteiger partial charge >= 0.3 is 11.5 Å². The van der Waals surface area contributed by atoms with Crippen LogP contribution in [0.5, 0.6) is 0 Å². The van der Waals surface area contributed by atoms with Crippen molar-refractivity contribution in [2.75, 3.05) is 4.90 Å². The smallest absolute Gasteiger partial charge is 0.322 e. The minimum absolute atomic E-state index is 0.0216. The van der Waals surface area contributed by atoms with Gasteiger partial charge in [-0.15, -0.1) is 0 Å². The first-order valence-electron chi connectivity index (χ1n) is 9.96. The number of alkyl halides is 3. The summed E-state index contributed by atoms with van der Waals surface area (Å²) in [6, 6.07) is 14.0. The van der Waals surface area contributed by atoms with E-state index in [9.17, 15) is 22.8 Å². The average molecular weight is 459 g/mol. The number of carbonyl (C=O) groups is 2. The number of hydrogen-bond donors (Lipinski definition) is 1. The fourth-order valence-corrected chi connectivity index (χ4v) is 4.49. The molecule has 2 heterocycles. The third-order valence-corrected chi connectivity index (χ3v) is 6.38. The summed E-state index contributed by atoms with van der Waals surface area (Å²) in [6.45, 7) is 3.71. The Morgan fingerprint density at radius 2 is 1.75 bits per heavy atom. The van der Waals surface area contributed by atoms with Crippen molar-refractivity contribution in [1.29, 1.82) is 0 Å². The number of aromatic nitrogens is 1. The summed E-state index contributed by atoms with van der Waals surface area (Å²) in [5, 5.41) is 3.76. The topological polar surface area (TPSA) is 62.3 Å². The lowest BCUT2D eigenvalue weighted by Crippen LogP contribution is -2.53. The summed E-state index contributed by atoms with van der Waals surface area (Å²) in [7, 11) is 0. The summed E-state index contributed by atoms with van der Waals surface area (Å²) in [4.78, 5) is 31.8. The number of carbonyl (C=O) groups excluding carboxylic acids is 2. The summed E-state index contributed by atoms with van der Waals surface area (Å²) < 4.78 is 37.8. The van der Waals surface area contributed by atoms with E-state index in [1.54, 1.807) is 6.20 Å². The van der Waals surface area contributed by atoms with Crippen molar-refractivity contribution in [3.8, 4) is 0 Å². The second-order valence-electron chi connectivity index (χ2n) is 7.90. The van der Waals surface area contributed by atoms with Crippen LogP contribution < -0.4 is 10.2 Å². The monoisotopic (exact) mass is 459 g/mol. The van der Waals surface area contributed by atoms with Crippen LogP contribution in [0.25, 0.3) is 10.9 Å². The molecule has 4 rings (SSSR count). The Balaban J connectivity index is 1.68. The number of urea groups is 1. The van der Waals surface area contributed by atoms with Crippen LogP contribution in [0.15, 0.2) is 65.7 Å². The van der Waals surface area contributed by atoms with Crippen LogP contribution in [0.4, 0.5) is 23.7 Å². The van der Waals surface area contributed by atoms with Gasteiger partial charge in [-0.25, -0.2) is 9.69 Å². The summed E-state index contributed by atoms with van der Waals surface area (Å²) in [5.41, 5.74) is -3.73. The number of benzene rings is 2. The quantitative estimate of drug-likeness (QED) is 0.402. The molecule has 1 atom stereocenters. The lowest BCUT2D eigenvalue weighted by Gasteiger charge is -2.31. The Kier molecular flexibility index (Phi) is 5.62. The first-order valence-corrected chi connectivity index (χ1v) is 10.8. The summed E-state index contributed by atoms with van der Waals surface area (Å²) in [5.74, 6) is -0.675. The number of rotatable bonds is 5. The standard InChI is InChI=1S/C23H20F3N3O2S/c1-14(2)22(13-15-11-12-27-19-6-4-3-5-18(15)19)20(30)29(21(31)28-22)16-7-9-17(10-8-16)32-23(24,25)26/h3-12,14H,13H2,1-2H3,(H,28,31)/t22-/m1/s1. The molecule has 166 valence electrons. The zero-order chi connectivity index (χ0) is 23.1. The maximum Gasteiger partial charge on any atom is 0.446 e. The van der Waals surface area contributed by atoms with Gasteiger partial charge in [0.15, 0.2) is 0 Å². The highest BCUT2D eigenvalue weighted by atomic mass is 32.2. The van der Waals surface area contributed by atoms with E-state index < -0.39 is 23.0 Å². The molecule has 2 aromatic carbocycles. The van der Waals surface area contributed by atoms with Crippen molar-refractivity contribution in [2.24, 2.45) is 5.92 Å². The van der Waals surface area contributed by atoms with Gasteiger partial charge < -0.3 is 5.32 Å². The van der Waals surface area contributed by atoms with Crippen molar-refractivity contribution in [2.45, 2.75) is 36.2 Å². The Morgan fingerprint density at radius 3 is 2.41 bits per heavy atom. The van der Waals surface area contributed by atoms with E-state index in [1.165, 1.54) is 24.3 Å². The zero-order valence-corrected chi connectivity index (χ0v) is 18.1. The van der Waals surface area contributed by atoms with Gasteiger partial charge in [0.2, 0.25) is 0 Å². The van der Waals surface area contributed by atoms with Gasteiger partial charge in [-0.05, 0) is 59.6 Å². The number of para-hydroxylation sites is 1. The zero-order valence-electron chi connectivity index (χ0n) is 17.3. The van der Waals surface area contributed by atoms with Gasteiger partial charge in [0.1, 0.15) is 5.54 Å². The van der Waals surface area contributed by atoms with E-state index in [4.69, 9.17) is 0 Å². The molecule has 0 spiro atoms. The van der Waals surface area contributed by atoms with E-state index in [-0.39, 0.29) is 34.7 Å². The molecule has 0 unspecified atom stereocenters. The minimum Gasteiger partial charge on any atom is -0.322 e. The number of pyridine rings is 1. The van der Waals surface area contributed by atoms with E-state index in [2.05, 4.69) is 10.3 Å². The second kappa shape index (κ2) is 8.12. The first-order chi connectivity index (χ1) is 15.1. The van der Waals surface area contributed by atoms with Crippen molar-refractivity contribution in [3.05, 3.63) is 66.4 Å². The lowest BCUT2D eigenvalue weighted by atomic mass is 9.80. The molecule has 1 N–H and O–H groups in total. The molecule has 3 amide bonds. The van der Waals surface area contributed by atoms with Crippen LogP contribution in [0, 0.1) is 5.92 Å². The van der Waals surface area contributed by atoms with Crippen molar-refractivity contribution in [3.63, 3.8) is 0 Å². The highest BCUT2D eigenvalue weighted by Crippen LogP contribution is 2.39. The Bertz CT molecular complexity index is 1180. The lowest BCUT2D eigenvalue weighted by molar-refractivity contribution is -0.123. The number of anilines is 1. The van der Waals surface area contributed by atoms with E-state index >= 15 is 0 Å². The van der Waals surface area contributed by atoms with Crippen LogP contribution in [0.1, 0.15) is 19.4 Å². The molecule has 1 saturated heterocycles. The van der Waals surface area contributed by atoms with Crippen molar-refractivity contribution >= 4 is 40.3 Å². The molecule has 0 aliphatic carbocycles. The van der Waals surface area contributed by atoms with Crippen LogP contribution in [-0.4, -0.2) is 28.0 Å². The first kappa shape index (κ1) is 22.1. The average Bonchev–Trinajstić information content (AvgIpc) is 2.98. The number of fused-ring (bicyclic) bond motifs is 1. The third-order valence-electron chi connectivity index (χ3n) is 5.64. The number of imide groups is 1. The van der Waals surface area contributed by atoms with Crippen LogP contribution in [-0.2, 0) is 11.2 Å². The van der Waals surface area contributed by atoms with Crippen LogP contribution in [0.2, 0.25) is 0 Å². The van der Waals surface area contributed by atoms with Gasteiger partial charge in [-0.2, -0.15) is 13.2 Å². The van der Waals surface area contributed by atoms with Gasteiger partial charge in [0, 0.05) is 22.9 Å². The summed E-state index contributed by atoms with van der Waals surface area (Å²) >= 11 is -0.249. The number of amides is 3. The van der Waals surface area contributed by atoms with E-state index in [1.807, 2.05) is 44.2 Å². The summed E-state index contributed by atoms with van der Waals surface area (Å²) in [6.07, 6.45) is 1.93.